The minimum atomic E-state index is -4.43. The van der Waals surface area contributed by atoms with Crippen molar-refractivity contribution in [3.8, 4) is 11.5 Å². The molecule has 5 rings (SSSR count). The van der Waals surface area contributed by atoms with E-state index in [1.54, 1.807) is 12.1 Å². The van der Waals surface area contributed by atoms with Gasteiger partial charge in [0.15, 0.2) is 11.5 Å². The molecule has 1 saturated carbocycles. The number of carbonyl (C=O) groups is 2. The maximum absolute atomic E-state index is 15.2. The molecule has 2 amide bonds. The largest absolute Gasteiger partial charge is 0.493 e. The fourth-order valence-corrected chi connectivity index (χ4v) is 7.53. The minimum Gasteiger partial charge on any atom is -0.493 e. The summed E-state index contributed by atoms with van der Waals surface area (Å²) in [5, 5.41) is 3.47. The summed E-state index contributed by atoms with van der Waals surface area (Å²) in [7, 11) is -1.60. The smallest absolute Gasteiger partial charge is 0.264 e. The number of rotatable bonds is 14. The predicted octanol–water partition coefficient (Wildman–Crippen LogP) is 6.39. The number of sulfonamides is 1. The van der Waals surface area contributed by atoms with E-state index < -0.39 is 34.3 Å². The molecule has 258 valence electrons. The summed E-state index contributed by atoms with van der Waals surface area (Å²) in [6.07, 6.45) is 3.73. The van der Waals surface area contributed by atoms with Crippen molar-refractivity contribution in [2.75, 3.05) is 25.1 Å². The van der Waals surface area contributed by atoms with Gasteiger partial charge in [-0.3, -0.25) is 13.9 Å². The van der Waals surface area contributed by atoms with Gasteiger partial charge in [0.2, 0.25) is 11.8 Å². The van der Waals surface area contributed by atoms with Crippen molar-refractivity contribution >= 4 is 39.1 Å². The zero-order chi connectivity index (χ0) is 35.0. The van der Waals surface area contributed by atoms with Crippen LogP contribution in [0.15, 0.2) is 102 Å². The molecule has 4 aromatic rings. The van der Waals surface area contributed by atoms with E-state index in [4.69, 9.17) is 21.1 Å². The van der Waals surface area contributed by atoms with Crippen LogP contribution in [0.5, 0.6) is 11.5 Å². The van der Waals surface area contributed by atoms with Gasteiger partial charge in [0, 0.05) is 35.7 Å². The molecule has 0 aromatic heterocycles. The number of hydrogen-bond acceptors (Lipinski definition) is 6. The van der Waals surface area contributed by atoms with E-state index in [-0.39, 0.29) is 46.8 Å². The van der Waals surface area contributed by atoms with Crippen LogP contribution in [0.1, 0.15) is 36.8 Å². The maximum Gasteiger partial charge on any atom is 0.264 e. The normalized spacial score (nSPS) is 13.8. The lowest BCUT2D eigenvalue weighted by Gasteiger charge is -2.34. The zero-order valence-corrected chi connectivity index (χ0v) is 28.9. The molecular formula is C37H39ClFN3O6S. The zero-order valence-electron chi connectivity index (χ0n) is 27.4. The van der Waals surface area contributed by atoms with Crippen molar-refractivity contribution in [3.63, 3.8) is 0 Å². The molecule has 1 aliphatic carbocycles. The van der Waals surface area contributed by atoms with Crippen LogP contribution in [0.4, 0.5) is 10.1 Å². The van der Waals surface area contributed by atoms with Gasteiger partial charge in [0.1, 0.15) is 18.4 Å². The van der Waals surface area contributed by atoms with Crippen LogP contribution >= 0.6 is 11.6 Å². The third-order valence-electron chi connectivity index (χ3n) is 8.61. The Kier molecular flexibility index (Phi) is 11.8. The highest BCUT2D eigenvalue weighted by Crippen LogP contribution is 2.33. The molecule has 12 heteroatoms. The predicted molar refractivity (Wildman–Crippen MR) is 187 cm³/mol. The second-order valence-electron chi connectivity index (χ2n) is 11.8. The Hall–Kier alpha value is -4.61. The molecule has 1 atom stereocenters. The van der Waals surface area contributed by atoms with Crippen LogP contribution < -0.4 is 19.1 Å². The van der Waals surface area contributed by atoms with Crippen LogP contribution in [-0.4, -0.2) is 58.0 Å². The molecule has 49 heavy (non-hydrogen) atoms. The Morgan fingerprint density at radius 1 is 0.898 bits per heavy atom. The molecule has 0 radical (unpaired) electrons. The molecule has 0 heterocycles. The van der Waals surface area contributed by atoms with Gasteiger partial charge < -0.3 is 19.7 Å². The fraction of sp³-hybridized carbons (Fsp3) is 0.297. The Morgan fingerprint density at radius 2 is 1.55 bits per heavy atom. The number of carbonyl (C=O) groups excluding carboxylic acids is 2. The van der Waals surface area contributed by atoms with Crippen LogP contribution in [0.25, 0.3) is 0 Å². The first-order valence-electron chi connectivity index (χ1n) is 16.0. The van der Waals surface area contributed by atoms with Crippen LogP contribution in [0.2, 0.25) is 5.02 Å². The highest BCUT2D eigenvalue weighted by atomic mass is 35.5. The van der Waals surface area contributed by atoms with Crippen molar-refractivity contribution in [3.05, 3.63) is 119 Å². The SMILES string of the molecule is COc1ccc(S(=O)(=O)N(CC(=O)N(Cc2ccccc2F)[C@@H](Cc2ccccc2)C(=O)NC2CCCC2)c2ccc(Cl)cc2)cc1OC. The monoisotopic (exact) mass is 707 g/mol. The van der Waals surface area contributed by atoms with Crippen LogP contribution in [0, 0.1) is 5.82 Å². The van der Waals surface area contributed by atoms with Crippen molar-refractivity contribution in [1.29, 1.82) is 0 Å². The number of ether oxygens (including phenoxy) is 2. The average molecular weight is 708 g/mol. The molecule has 9 nitrogen and oxygen atoms in total. The van der Waals surface area contributed by atoms with Gasteiger partial charge in [0.05, 0.1) is 24.8 Å². The second-order valence-corrected chi connectivity index (χ2v) is 14.1. The number of nitrogens with one attached hydrogen (secondary N) is 1. The summed E-state index contributed by atoms with van der Waals surface area (Å²) in [5.74, 6) is -1.14. The highest BCUT2D eigenvalue weighted by molar-refractivity contribution is 7.92. The molecule has 0 spiro atoms. The van der Waals surface area contributed by atoms with Gasteiger partial charge in [-0.25, -0.2) is 12.8 Å². The lowest BCUT2D eigenvalue weighted by Crippen LogP contribution is -2.54. The number of anilines is 1. The van der Waals surface area contributed by atoms with Crippen LogP contribution in [0.3, 0.4) is 0 Å². The molecule has 0 saturated heterocycles. The van der Waals surface area contributed by atoms with Crippen molar-refractivity contribution in [2.45, 2.75) is 55.6 Å². The van der Waals surface area contributed by atoms with Gasteiger partial charge in [-0.15, -0.1) is 0 Å². The highest BCUT2D eigenvalue weighted by Gasteiger charge is 2.36. The number of nitrogens with zero attached hydrogens (tertiary/aromatic N) is 2. The number of methoxy groups -OCH3 is 2. The summed E-state index contributed by atoms with van der Waals surface area (Å²) >= 11 is 6.15. The Balaban J connectivity index is 1.59. The number of halogens is 2. The third-order valence-corrected chi connectivity index (χ3v) is 10.6. The molecule has 1 N–H and O–H groups in total. The van der Waals surface area contributed by atoms with E-state index in [9.17, 15) is 18.0 Å². The van der Waals surface area contributed by atoms with Gasteiger partial charge in [0.25, 0.3) is 10.0 Å². The van der Waals surface area contributed by atoms with Crippen LogP contribution in [-0.2, 0) is 32.6 Å². The molecular weight excluding hydrogens is 669 g/mol. The second kappa shape index (κ2) is 16.2. The topological polar surface area (TPSA) is 105 Å². The lowest BCUT2D eigenvalue weighted by molar-refractivity contribution is -0.140. The Labute approximate surface area is 291 Å². The summed E-state index contributed by atoms with van der Waals surface area (Å²) in [5.41, 5.74) is 1.13. The lowest BCUT2D eigenvalue weighted by atomic mass is 10.0. The average Bonchev–Trinajstić information content (AvgIpc) is 3.63. The molecule has 4 aromatic carbocycles. The van der Waals surface area contributed by atoms with E-state index in [0.29, 0.717) is 10.8 Å². The van der Waals surface area contributed by atoms with E-state index >= 15 is 4.39 Å². The molecule has 0 bridgehead atoms. The van der Waals surface area contributed by atoms with Crippen molar-refractivity contribution in [2.24, 2.45) is 0 Å². The number of hydrogen-bond donors (Lipinski definition) is 1. The summed E-state index contributed by atoms with van der Waals surface area (Å²) in [6.45, 7) is -0.972. The number of benzene rings is 4. The maximum atomic E-state index is 15.2. The quantitative estimate of drug-likeness (QED) is 0.163. The van der Waals surface area contributed by atoms with E-state index in [1.807, 2.05) is 30.3 Å². The van der Waals surface area contributed by atoms with Gasteiger partial charge >= 0.3 is 0 Å². The van der Waals surface area contributed by atoms with Gasteiger partial charge in [-0.1, -0.05) is 73.0 Å². The Morgan fingerprint density at radius 3 is 2.20 bits per heavy atom. The molecule has 0 aliphatic heterocycles. The first-order valence-corrected chi connectivity index (χ1v) is 17.8. The summed E-state index contributed by atoms with van der Waals surface area (Å²) < 4.78 is 55.5. The molecule has 1 aliphatic rings. The summed E-state index contributed by atoms with van der Waals surface area (Å²) in [6, 6.07) is 24.2. The fourth-order valence-electron chi connectivity index (χ4n) is 5.97. The summed E-state index contributed by atoms with van der Waals surface area (Å²) in [4.78, 5) is 29.8. The first-order chi connectivity index (χ1) is 23.6. The Bertz CT molecular complexity index is 1850. The number of amides is 2. The third kappa shape index (κ3) is 8.71. The van der Waals surface area contributed by atoms with Crippen molar-refractivity contribution in [1.82, 2.24) is 10.2 Å². The van der Waals surface area contributed by atoms with E-state index in [1.165, 1.54) is 73.7 Å². The molecule has 1 fully saturated rings. The van der Waals surface area contributed by atoms with Crippen molar-refractivity contribution < 1.29 is 31.9 Å². The van der Waals surface area contributed by atoms with E-state index in [2.05, 4.69) is 5.32 Å². The van der Waals surface area contributed by atoms with Gasteiger partial charge in [-0.05, 0) is 60.9 Å². The van der Waals surface area contributed by atoms with Gasteiger partial charge in [-0.2, -0.15) is 0 Å². The standard InChI is InChI=1S/C37H39ClFN3O6S/c1-47-34-21-20-31(23-35(34)48-2)49(45,46)42(30-18-16-28(38)17-19-30)25-36(43)41(24-27-12-6-9-15-32(27)39)33(22-26-10-4-3-5-11-26)37(44)40-29-13-7-8-14-29/h3-6,9-12,15-21,23,29,33H,7-8,13-14,22,24-25H2,1-2H3,(H,40,44)/t33-/m0/s1. The molecule has 0 unspecified atom stereocenters. The van der Waals surface area contributed by atoms with E-state index in [0.717, 1.165) is 35.6 Å². The minimum absolute atomic E-state index is 0.0489. The first kappa shape index (κ1) is 35.7.